The smallest absolute Gasteiger partial charge is 0.286 e. The molecule has 2 aromatic carbocycles. The lowest BCUT2D eigenvalue weighted by molar-refractivity contribution is -0.113. The fourth-order valence-corrected chi connectivity index (χ4v) is 4.71. The lowest BCUT2D eigenvalue weighted by Gasteiger charge is -2.36. The minimum atomic E-state index is -0.129. The molecule has 0 unspecified atom stereocenters. The van der Waals surface area contributed by atoms with Crippen LogP contribution in [0.2, 0.25) is 0 Å². The van der Waals surface area contributed by atoms with Gasteiger partial charge < -0.3 is 9.80 Å². The molecule has 1 amide bonds. The van der Waals surface area contributed by atoms with E-state index >= 15 is 0 Å². The van der Waals surface area contributed by atoms with Crippen molar-refractivity contribution in [3.63, 3.8) is 0 Å². The highest BCUT2D eigenvalue weighted by atomic mass is 32.2. The number of nitrogens with zero attached hydrogens (tertiary/aromatic N) is 3. The Hall–Kier alpha value is -2.53. The van der Waals surface area contributed by atoms with Crippen molar-refractivity contribution in [2.45, 2.75) is 33.1 Å². The molecule has 30 heavy (non-hydrogen) atoms. The molecule has 4 rings (SSSR count). The summed E-state index contributed by atoms with van der Waals surface area (Å²) < 4.78 is 0. The number of carbonyl (C=O) groups excluding carboxylic acids is 1. The number of amides is 1. The summed E-state index contributed by atoms with van der Waals surface area (Å²) in [6, 6.07) is 17.1. The van der Waals surface area contributed by atoms with Crippen molar-refractivity contribution in [2.24, 2.45) is 4.99 Å². The minimum absolute atomic E-state index is 0.125. The largest absolute Gasteiger partial charge is 0.368 e. The van der Waals surface area contributed by atoms with Gasteiger partial charge in [0.1, 0.15) is 0 Å². The fraction of sp³-hybridized carbons (Fsp3) is 0.360. The van der Waals surface area contributed by atoms with E-state index in [0.717, 1.165) is 36.9 Å². The molecule has 0 atom stereocenters. The van der Waals surface area contributed by atoms with Crippen LogP contribution in [0.25, 0.3) is 6.08 Å². The second-order valence-corrected chi connectivity index (χ2v) is 10.0. The predicted octanol–water partition coefficient (Wildman–Crippen LogP) is 5.09. The van der Waals surface area contributed by atoms with Crippen molar-refractivity contribution >= 4 is 34.6 Å². The van der Waals surface area contributed by atoms with E-state index in [9.17, 15) is 4.79 Å². The molecule has 156 valence electrons. The van der Waals surface area contributed by atoms with Gasteiger partial charge in [0.15, 0.2) is 5.17 Å². The average molecular weight is 420 g/mol. The summed E-state index contributed by atoms with van der Waals surface area (Å²) in [4.78, 5) is 22.1. The Balaban J connectivity index is 1.39. The molecular weight excluding hydrogens is 390 g/mol. The van der Waals surface area contributed by atoms with Gasteiger partial charge in [-0.3, -0.25) is 4.79 Å². The highest BCUT2D eigenvalue weighted by Crippen LogP contribution is 2.31. The van der Waals surface area contributed by atoms with E-state index in [-0.39, 0.29) is 11.3 Å². The number of aryl methyl sites for hydroxylation is 1. The lowest BCUT2D eigenvalue weighted by atomic mass is 9.87. The van der Waals surface area contributed by atoms with Crippen LogP contribution in [0.4, 0.5) is 5.69 Å². The van der Waals surface area contributed by atoms with Gasteiger partial charge in [0.05, 0.1) is 4.91 Å². The Kier molecular flexibility index (Phi) is 5.74. The number of carbonyl (C=O) groups is 1. The maximum atomic E-state index is 12.5. The van der Waals surface area contributed by atoms with Crippen LogP contribution in [0.1, 0.15) is 37.5 Å². The van der Waals surface area contributed by atoms with Crippen LogP contribution in [0.5, 0.6) is 0 Å². The van der Waals surface area contributed by atoms with Crippen molar-refractivity contribution in [3.8, 4) is 0 Å². The average Bonchev–Trinajstić information content (AvgIpc) is 3.08. The first-order valence-corrected chi connectivity index (χ1v) is 11.3. The van der Waals surface area contributed by atoms with E-state index in [1.165, 1.54) is 28.6 Å². The first-order chi connectivity index (χ1) is 14.3. The van der Waals surface area contributed by atoms with Crippen LogP contribution in [0.3, 0.4) is 0 Å². The molecule has 0 aromatic heterocycles. The molecule has 5 heteroatoms. The van der Waals surface area contributed by atoms with Crippen LogP contribution in [0, 0.1) is 6.92 Å². The number of anilines is 1. The van der Waals surface area contributed by atoms with Gasteiger partial charge >= 0.3 is 0 Å². The standard InChI is InChI=1S/C25H29N3OS/c1-18-6-5-7-21(16-18)27-12-14-28(15-13-27)24-26-23(29)22(30-24)17-19-8-10-20(11-9-19)25(2,3)4/h5-11,16-17H,12-15H2,1-4H3/b22-17-. The number of hydrogen-bond donors (Lipinski definition) is 0. The molecule has 0 saturated carbocycles. The van der Waals surface area contributed by atoms with Gasteiger partial charge in [-0.2, -0.15) is 4.99 Å². The van der Waals surface area contributed by atoms with E-state index < -0.39 is 0 Å². The van der Waals surface area contributed by atoms with Crippen molar-refractivity contribution in [3.05, 3.63) is 70.1 Å². The normalized spacial score (nSPS) is 18.9. The highest BCUT2D eigenvalue weighted by molar-refractivity contribution is 8.18. The zero-order valence-electron chi connectivity index (χ0n) is 18.2. The summed E-state index contributed by atoms with van der Waals surface area (Å²) in [5, 5.41) is 0.835. The quantitative estimate of drug-likeness (QED) is 0.636. The van der Waals surface area contributed by atoms with E-state index in [4.69, 9.17) is 0 Å². The fourth-order valence-electron chi connectivity index (χ4n) is 3.74. The maximum Gasteiger partial charge on any atom is 0.286 e. The zero-order chi connectivity index (χ0) is 21.3. The van der Waals surface area contributed by atoms with Gasteiger partial charge in [-0.25, -0.2) is 0 Å². The molecule has 4 nitrogen and oxygen atoms in total. The molecule has 2 aliphatic heterocycles. The first-order valence-electron chi connectivity index (χ1n) is 10.5. The number of amidine groups is 1. The van der Waals surface area contributed by atoms with Crippen molar-refractivity contribution in [1.29, 1.82) is 0 Å². The van der Waals surface area contributed by atoms with Gasteiger partial charge in [-0.05, 0) is 59.0 Å². The molecular formula is C25H29N3OS. The lowest BCUT2D eigenvalue weighted by Crippen LogP contribution is -2.47. The summed E-state index contributed by atoms with van der Waals surface area (Å²) in [5.41, 5.74) is 5.01. The van der Waals surface area contributed by atoms with E-state index in [1.54, 1.807) is 0 Å². The number of rotatable bonds is 2. The van der Waals surface area contributed by atoms with Crippen LogP contribution < -0.4 is 4.90 Å². The van der Waals surface area contributed by atoms with Crippen LogP contribution in [0.15, 0.2) is 58.4 Å². The minimum Gasteiger partial charge on any atom is -0.368 e. The van der Waals surface area contributed by atoms with Crippen molar-refractivity contribution < 1.29 is 4.79 Å². The zero-order valence-corrected chi connectivity index (χ0v) is 19.0. The number of hydrogen-bond acceptors (Lipinski definition) is 4. The topological polar surface area (TPSA) is 35.9 Å². The van der Waals surface area contributed by atoms with E-state index in [1.807, 2.05) is 6.08 Å². The van der Waals surface area contributed by atoms with Crippen LogP contribution >= 0.6 is 11.8 Å². The highest BCUT2D eigenvalue weighted by Gasteiger charge is 2.28. The summed E-state index contributed by atoms with van der Waals surface area (Å²) in [6.07, 6.45) is 1.96. The molecule has 0 aliphatic carbocycles. The third-order valence-electron chi connectivity index (χ3n) is 5.60. The van der Waals surface area contributed by atoms with Gasteiger partial charge in [-0.1, -0.05) is 57.2 Å². The number of piperazine rings is 1. The molecule has 0 N–H and O–H groups in total. The molecule has 1 fully saturated rings. The van der Waals surface area contributed by atoms with Gasteiger partial charge in [-0.15, -0.1) is 0 Å². The molecule has 0 bridgehead atoms. The summed E-state index contributed by atoms with van der Waals surface area (Å²) >= 11 is 1.50. The molecule has 1 saturated heterocycles. The van der Waals surface area contributed by atoms with Gasteiger partial charge in [0, 0.05) is 31.9 Å². The predicted molar refractivity (Wildman–Crippen MR) is 128 cm³/mol. The second kappa shape index (κ2) is 8.31. The number of benzene rings is 2. The monoisotopic (exact) mass is 419 g/mol. The summed E-state index contributed by atoms with van der Waals surface area (Å²) in [7, 11) is 0. The SMILES string of the molecule is Cc1cccc(N2CCN(C3=NC(=O)/C(=C/c4ccc(C(C)(C)C)cc4)S3)CC2)c1. The number of aliphatic imine (C=N–C) groups is 1. The Morgan fingerprint density at radius 1 is 0.967 bits per heavy atom. The summed E-state index contributed by atoms with van der Waals surface area (Å²) in [6.45, 7) is 12.4. The van der Waals surface area contributed by atoms with Gasteiger partial charge in [0.25, 0.3) is 5.91 Å². The van der Waals surface area contributed by atoms with E-state index in [0.29, 0.717) is 4.91 Å². The van der Waals surface area contributed by atoms with Crippen LogP contribution in [-0.2, 0) is 10.2 Å². The van der Waals surface area contributed by atoms with E-state index in [2.05, 4.69) is 91.0 Å². The maximum absolute atomic E-state index is 12.5. The Labute approximate surface area is 183 Å². The number of thioether (sulfide) groups is 1. The molecule has 2 aromatic rings. The molecule has 0 radical (unpaired) electrons. The third kappa shape index (κ3) is 4.62. The molecule has 2 heterocycles. The Morgan fingerprint density at radius 2 is 1.63 bits per heavy atom. The first kappa shape index (κ1) is 20.7. The van der Waals surface area contributed by atoms with Crippen LogP contribution in [-0.4, -0.2) is 42.2 Å². The Morgan fingerprint density at radius 3 is 2.27 bits per heavy atom. The second-order valence-electron chi connectivity index (χ2n) is 9.00. The molecule has 2 aliphatic rings. The van der Waals surface area contributed by atoms with Crippen molar-refractivity contribution in [1.82, 2.24) is 4.90 Å². The summed E-state index contributed by atoms with van der Waals surface area (Å²) in [5.74, 6) is -0.129. The molecule has 0 spiro atoms. The Bertz CT molecular complexity index is 994. The third-order valence-corrected chi connectivity index (χ3v) is 6.65. The van der Waals surface area contributed by atoms with Crippen molar-refractivity contribution in [2.75, 3.05) is 31.1 Å². The van der Waals surface area contributed by atoms with Gasteiger partial charge in [0.2, 0.25) is 0 Å².